The maximum absolute atomic E-state index is 11.9. The van der Waals surface area contributed by atoms with E-state index in [1.807, 2.05) is 6.92 Å². The molecule has 0 aromatic rings. The lowest BCUT2D eigenvalue weighted by Gasteiger charge is -2.26. The average molecular weight is 241 g/mol. The van der Waals surface area contributed by atoms with Crippen molar-refractivity contribution in [2.45, 2.75) is 46.0 Å². The molecule has 0 fully saturated rings. The fourth-order valence-corrected chi connectivity index (χ4v) is 2.12. The molecule has 1 heterocycles. The molecular formula is C11H21N4O2+. The van der Waals surface area contributed by atoms with Crippen molar-refractivity contribution in [2.75, 3.05) is 0 Å². The highest BCUT2D eigenvalue weighted by Gasteiger charge is 2.44. The maximum atomic E-state index is 11.9. The Bertz CT molecular complexity index is 340. The first-order chi connectivity index (χ1) is 8.06. The van der Waals surface area contributed by atoms with E-state index < -0.39 is 5.41 Å². The van der Waals surface area contributed by atoms with Crippen molar-refractivity contribution < 1.29 is 15.4 Å². The zero-order valence-electron chi connectivity index (χ0n) is 10.5. The van der Waals surface area contributed by atoms with Gasteiger partial charge in [-0.1, -0.05) is 19.8 Å². The lowest BCUT2D eigenvalue weighted by atomic mass is 9.75. The number of amides is 2. The van der Waals surface area contributed by atoms with Crippen LogP contribution in [0.1, 0.15) is 46.0 Å². The molecule has 0 bridgehead atoms. The number of hydrogen-bond acceptors (Lipinski definition) is 3. The highest BCUT2D eigenvalue weighted by Crippen LogP contribution is 2.35. The molecule has 1 atom stereocenters. The van der Waals surface area contributed by atoms with E-state index in [1.54, 1.807) is 0 Å². The Kier molecular flexibility index (Phi) is 4.62. The lowest BCUT2D eigenvalue weighted by molar-refractivity contribution is -0.427. The van der Waals surface area contributed by atoms with Gasteiger partial charge >= 0.3 is 0 Å². The van der Waals surface area contributed by atoms with Gasteiger partial charge in [-0.2, -0.15) is 5.10 Å². The van der Waals surface area contributed by atoms with Gasteiger partial charge < -0.3 is 0 Å². The molecule has 0 saturated carbocycles. The zero-order valence-corrected chi connectivity index (χ0v) is 10.5. The smallest absolute Gasteiger partial charge is 0.264 e. The number of carbonyl (C=O) groups excluding carboxylic acids is 2. The number of nitrogens with zero attached hydrogens (tertiary/aromatic N) is 1. The number of carbonyl (C=O) groups is 2. The summed E-state index contributed by atoms with van der Waals surface area (Å²) in [5.74, 6) is 3.10. The minimum atomic E-state index is -0.595. The van der Waals surface area contributed by atoms with E-state index in [0.29, 0.717) is 12.8 Å². The molecule has 0 aromatic carbocycles. The van der Waals surface area contributed by atoms with Crippen molar-refractivity contribution in [1.29, 1.82) is 0 Å². The van der Waals surface area contributed by atoms with Crippen LogP contribution in [0.25, 0.3) is 0 Å². The second kappa shape index (κ2) is 5.77. The second-order valence-corrected chi connectivity index (χ2v) is 4.42. The molecule has 0 radical (unpaired) electrons. The summed E-state index contributed by atoms with van der Waals surface area (Å²) in [6.45, 7) is 3.92. The molecule has 1 unspecified atom stereocenters. The number of unbranched alkanes of at least 4 members (excludes halogenated alkanes) is 1. The van der Waals surface area contributed by atoms with Crippen molar-refractivity contribution in [1.82, 2.24) is 10.9 Å². The summed E-state index contributed by atoms with van der Waals surface area (Å²) < 4.78 is 0. The second-order valence-electron chi connectivity index (χ2n) is 4.42. The summed E-state index contributed by atoms with van der Waals surface area (Å²) in [7, 11) is 0. The minimum absolute atomic E-state index is 0.0830. The van der Waals surface area contributed by atoms with Crippen LogP contribution in [-0.2, 0) is 9.59 Å². The van der Waals surface area contributed by atoms with Crippen molar-refractivity contribution in [2.24, 2.45) is 10.5 Å². The van der Waals surface area contributed by atoms with E-state index in [1.165, 1.54) is 0 Å². The number of rotatable bonds is 6. The van der Waals surface area contributed by atoms with Crippen LogP contribution in [0, 0.1) is 5.41 Å². The van der Waals surface area contributed by atoms with Crippen molar-refractivity contribution in [3.05, 3.63) is 0 Å². The third-order valence-electron chi connectivity index (χ3n) is 3.39. The van der Waals surface area contributed by atoms with Crippen LogP contribution in [0.5, 0.6) is 0 Å². The Hall–Kier alpha value is -1.43. The van der Waals surface area contributed by atoms with Gasteiger partial charge in [0.05, 0.1) is 11.1 Å². The molecule has 6 nitrogen and oxygen atoms in total. The minimum Gasteiger partial charge on any atom is -0.272 e. The van der Waals surface area contributed by atoms with Gasteiger partial charge in [0.15, 0.2) is 0 Å². The summed E-state index contributed by atoms with van der Waals surface area (Å²) in [5.41, 5.74) is 5.03. The molecular weight excluding hydrogens is 220 g/mol. The van der Waals surface area contributed by atoms with Crippen LogP contribution in [-0.4, -0.2) is 17.5 Å². The predicted molar refractivity (Wildman–Crippen MR) is 63.5 cm³/mol. The number of quaternary nitrogens is 1. The Balaban J connectivity index is 2.75. The molecule has 17 heavy (non-hydrogen) atoms. The fourth-order valence-electron chi connectivity index (χ4n) is 2.12. The third-order valence-corrected chi connectivity index (χ3v) is 3.39. The average Bonchev–Trinajstić information content (AvgIpc) is 2.61. The fraction of sp³-hybridized carbons (Fsp3) is 0.727. The van der Waals surface area contributed by atoms with Gasteiger partial charge in [-0.15, -0.1) is 0 Å². The molecule has 1 aliphatic heterocycles. The highest BCUT2D eigenvalue weighted by atomic mass is 16.2. The largest absolute Gasteiger partial charge is 0.272 e. The summed E-state index contributed by atoms with van der Waals surface area (Å²) in [5, 5.41) is 4.00. The van der Waals surface area contributed by atoms with Crippen LogP contribution in [0.15, 0.2) is 5.10 Å². The van der Waals surface area contributed by atoms with E-state index in [0.717, 1.165) is 25.0 Å². The van der Waals surface area contributed by atoms with Crippen LogP contribution < -0.4 is 16.7 Å². The van der Waals surface area contributed by atoms with Crippen LogP contribution in [0.3, 0.4) is 0 Å². The summed E-state index contributed by atoms with van der Waals surface area (Å²) in [6.07, 6.45) is 3.51. The van der Waals surface area contributed by atoms with Crippen LogP contribution in [0.4, 0.5) is 0 Å². The molecule has 0 spiro atoms. The molecule has 0 aliphatic carbocycles. The molecule has 2 amide bonds. The Morgan fingerprint density at radius 1 is 1.53 bits per heavy atom. The SMILES string of the molecule is CCCCC1(CCC(=O)N[NH3+])C(=O)NN=C1C. The molecule has 96 valence electrons. The monoisotopic (exact) mass is 241 g/mol. The van der Waals surface area contributed by atoms with Gasteiger partial charge in [0.2, 0.25) is 0 Å². The quantitative estimate of drug-likeness (QED) is 0.557. The zero-order chi connectivity index (χ0) is 12.9. The summed E-state index contributed by atoms with van der Waals surface area (Å²) in [6, 6.07) is 0. The van der Waals surface area contributed by atoms with Gasteiger partial charge in [-0.25, -0.2) is 10.9 Å². The molecule has 5 N–H and O–H groups in total. The van der Waals surface area contributed by atoms with Gasteiger partial charge in [-0.3, -0.25) is 15.4 Å². The van der Waals surface area contributed by atoms with E-state index in [9.17, 15) is 9.59 Å². The van der Waals surface area contributed by atoms with Crippen LogP contribution >= 0.6 is 0 Å². The molecule has 1 aliphatic rings. The molecule has 6 heteroatoms. The topological polar surface area (TPSA) is 98.2 Å². The lowest BCUT2D eigenvalue weighted by Crippen LogP contribution is -2.67. The Labute approximate surface area is 101 Å². The molecule has 1 rings (SSSR count). The molecule has 0 saturated heterocycles. The van der Waals surface area contributed by atoms with Gasteiger partial charge in [-0.05, 0) is 19.8 Å². The predicted octanol–water partition coefficient (Wildman–Crippen LogP) is -0.278. The summed E-state index contributed by atoms with van der Waals surface area (Å²) >= 11 is 0. The third kappa shape index (κ3) is 2.82. The van der Waals surface area contributed by atoms with Gasteiger partial charge in [0, 0.05) is 6.42 Å². The standard InChI is InChI=1S/C11H20N4O2/c1-3-4-6-11(7-5-9(16)13-12)8(2)14-15-10(11)17/h3-7,12H2,1-2H3,(H,13,16)(H,15,17)/p+1. The number of hydrazone groups is 1. The first-order valence-electron chi connectivity index (χ1n) is 5.98. The first kappa shape index (κ1) is 13.6. The number of hydrogen-bond donors (Lipinski definition) is 3. The summed E-state index contributed by atoms with van der Waals surface area (Å²) in [4.78, 5) is 23.2. The van der Waals surface area contributed by atoms with E-state index in [4.69, 9.17) is 0 Å². The highest BCUT2D eigenvalue weighted by molar-refractivity contribution is 6.11. The van der Waals surface area contributed by atoms with Crippen molar-refractivity contribution in [3.8, 4) is 0 Å². The first-order valence-corrected chi connectivity index (χ1v) is 5.98. The van der Waals surface area contributed by atoms with Gasteiger partial charge in [0.1, 0.15) is 0 Å². The maximum Gasteiger partial charge on any atom is 0.264 e. The van der Waals surface area contributed by atoms with Gasteiger partial charge in [0.25, 0.3) is 11.8 Å². The van der Waals surface area contributed by atoms with Crippen molar-refractivity contribution in [3.63, 3.8) is 0 Å². The molecule has 0 aromatic heterocycles. The van der Waals surface area contributed by atoms with E-state index >= 15 is 0 Å². The van der Waals surface area contributed by atoms with E-state index in [2.05, 4.69) is 28.7 Å². The Morgan fingerprint density at radius 2 is 2.24 bits per heavy atom. The normalized spacial score (nSPS) is 23.2. The Morgan fingerprint density at radius 3 is 2.71 bits per heavy atom. The van der Waals surface area contributed by atoms with Crippen molar-refractivity contribution >= 4 is 17.5 Å². The number of nitrogens with one attached hydrogen (secondary N) is 2. The van der Waals surface area contributed by atoms with Crippen LogP contribution in [0.2, 0.25) is 0 Å². The van der Waals surface area contributed by atoms with E-state index in [-0.39, 0.29) is 11.8 Å².